The highest BCUT2D eigenvalue weighted by molar-refractivity contribution is 5.94. The van der Waals surface area contributed by atoms with Gasteiger partial charge in [-0.2, -0.15) is 0 Å². The number of anilines is 1. The molecule has 0 spiro atoms. The third kappa shape index (κ3) is 4.19. The lowest BCUT2D eigenvalue weighted by Crippen LogP contribution is -2.27. The molecular weight excluding hydrogens is 344 g/mol. The number of rotatable bonds is 5. The number of aryl methyl sites for hydroxylation is 2. The monoisotopic (exact) mass is 368 g/mol. The molecule has 1 amide bonds. The summed E-state index contributed by atoms with van der Waals surface area (Å²) in [6.07, 6.45) is 2.29. The van der Waals surface area contributed by atoms with Crippen molar-refractivity contribution in [1.82, 2.24) is 14.5 Å². The third-order valence-corrected chi connectivity index (χ3v) is 4.30. The Morgan fingerprint density at radius 3 is 2.59 bits per heavy atom. The van der Waals surface area contributed by atoms with Gasteiger partial charge in [0.05, 0.1) is 19.0 Å². The van der Waals surface area contributed by atoms with Gasteiger partial charge < -0.3 is 19.7 Å². The molecule has 0 radical (unpaired) electrons. The van der Waals surface area contributed by atoms with Gasteiger partial charge in [0, 0.05) is 12.0 Å². The van der Waals surface area contributed by atoms with Gasteiger partial charge in [0.2, 0.25) is 11.8 Å². The van der Waals surface area contributed by atoms with Crippen molar-refractivity contribution in [3.05, 3.63) is 42.2 Å². The van der Waals surface area contributed by atoms with Crippen molar-refractivity contribution >= 4 is 11.7 Å². The number of nitrogens with one attached hydrogen (secondary N) is 1. The lowest BCUT2D eigenvalue weighted by Gasteiger charge is -2.16. The van der Waals surface area contributed by atoms with Gasteiger partial charge in [-0.05, 0) is 30.2 Å². The lowest BCUT2D eigenvalue weighted by molar-refractivity contribution is -0.123. The van der Waals surface area contributed by atoms with Gasteiger partial charge in [-0.15, -0.1) is 0 Å². The Morgan fingerprint density at radius 1 is 1.26 bits per heavy atom. The maximum Gasteiger partial charge on any atom is 0.230 e. The van der Waals surface area contributed by atoms with E-state index in [-0.39, 0.29) is 11.8 Å². The van der Waals surface area contributed by atoms with E-state index in [1.165, 1.54) is 0 Å². The quantitative estimate of drug-likeness (QED) is 0.721. The average molecular weight is 368 g/mol. The summed E-state index contributed by atoms with van der Waals surface area (Å²) < 4.78 is 6.83. The largest absolute Gasteiger partial charge is 0.497 e. The van der Waals surface area contributed by atoms with E-state index in [4.69, 9.17) is 4.74 Å². The van der Waals surface area contributed by atoms with E-state index >= 15 is 0 Å². The van der Waals surface area contributed by atoms with E-state index in [0.29, 0.717) is 23.8 Å². The van der Waals surface area contributed by atoms with E-state index < -0.39 is 5.41 Å². The first-order valence-electron chi connectivity index (χ1n) is 8.77. The van der Waals surface area contributed by atoms with Crippen LogP contribution < -0.4 is 10.1 Å². The lowest BCUT2D eigenvalue weighted by atomic mass is 9.96. The van der Waals surface area contributed by atoms with Crippen molar-refractivity contribution in [3.8, 4) is 23.0 Å². The molecule has 0 atom stereocenters. The van der Waals surface area contributed by atoms with Crippen molar-refractivity contribution in [2.45, 2.75) is 33.7 Å². The molecule has 3 rings (SSSR count). The molecule has 0 saturated heterocycles. The van der Waals surface area contributed by atoms with Crippen LogP contribution in [0.2, 0.25) is 0 Å². The van der Waals surface area contributed by atoms with Gasteiger partial charge in [-0.1, -0.05) is 32.9 Å². The molecule has 1 aromatic rings. The second kappa shape index (κ2) is 7.26. The van der Waals surface area contributed by atoms with Crippen molar-refractivity contribution in [2.75, 3.05) is 12.4 Å². The van der Waals surface area contributed by atoms with Crippen LogP contribution in [0.1, 0.15) is 26.3 Å². The molecule has 142 valence electrons. The number of carbonyl (C=O) groups excluding carboxylic acids is 1. The fourth-order valence-electron chi connectivity index (χ4n) is 2.58. The highest BCUT2D eigenvalue weighted by Gasteiger charge is 2.24. The van der Waals surface area contributed by atoms with Crippen LogP contribution in [-0.4, -0.2) is 32.7 Å². The molecular formula is C20H24N4O3. The molecule has 2 aliphatic heterocycles. The van der Waals surface area contributed by atoms with E-state index in [1.54, 1.807) is 24.1 Å². The Kier molecular flexibility index (Phi) is 5.03. The maximum atomic E-state index is 12.1. The molecule has 7 nitrogen and oxygen atoms in total. The topological polar surface area (TPSA) is 89.3 Å². The summed E-state index contributed by atoms with van der Waals surface area (Å²) >= 11 is 0. The first kappa shape index (κ1) is 18.7. The van der Waals surface area contributed by atoms with E-state index in [9.17, 15) is 9.90 Å². The minimum absolute atomic E-state index is 0.0808. The third-order valence-electron chi connectivity index (χ3n) is 4.30. The first-order chi connectivity index (χ1) is 12.8. The molecule has 0 fully saturated rings. The predicted molar refractivity (Wildman–Crippen MR) is 103 cm³/mol. The molecule has 2 aliphatic rings. The van der Waals surface area contributed by atoms with Crippen LogP contribution in [0, 0.1) is 5.41 Å². The number of amides is 1. The number of nitrogens with zero attached hydrogens (tertiary/aromatic N) is 3. The zero-order valence-corrected chi connectivity index (χ0v) is 16.0. The number of aromatic hydroxyl groups is 1. The molecule has 0 unspecified atom stereocenters. The minimum atomic E-state index is -0.529. The summed E-state index contributed by atoms with van der Waals surface area (Å²) in [4.78, 5) is 20.7. The molecule has 0 bridgehead atoms. The molecule has 0 aromatic heterocycles. The zero-order chi connectivity index (χ0) is 19.6. The molecule has 1 aromatic carbocycles. The van der Waals surface area contributed by atoms with Crippen molar-refractivity contribution in [3.63, 3.8) is 0 Å². The Balaban J connectivity index is 1.76. The van der Waals surface area contributed by atoms with Gasteiger partial charge in [0.25, 0.3) is 0 Å². The number of hydrogen-bond acceptors (Lipinski definition) is 5. The van der Waals surface area contributed by atoms with E-state index in [1.807, 2.05) is 45.0 Å². The summed E-state index contributed by atoms with van der Waals surface area (Å²) in [7, 11) is 1.63. The van der Waals surface area contributed by atoms with Crippen molar-refractivity contribution in [2.24, 2.45) is 5.41 Å². The standard InChI is InChI=1S/C20H24N4O3/c1-20(2,3)19(26)23-16-11-15-17(22-16)21-12-24(18(15)25)10-9-13-5-7-14(27-4)8-6-13/h5-8,11-12,25H,9-10H2,1-4H3,(H,23,26). The molecule has 2 N–H and O–H groups in total. The molecule has 2 heterocycles. The summed E-state index contributed by atoms with van der Waals surface area (Å²) in [6, 6.07) is 9.45. The van der Waals surface area contributed by atoms with E-state index in [0.717, 1.165) is 17.7 Å². The van der Waals surface area contributed by atoms with Gasteiger partial charge in [0.1, 0.15) is 11.6 Å². The Labute approximate surface area is 158 Å². The van der Waals surface area contributed by atoms with Crippen molar-refractivity contribution in [1.29, 1.82) is 0 Å². The van der Waals surface area contributed by atoms with Gasteiger partial charge >= 0.3 is 0 Å². The van der Waals surface area contributed by atoms with E-state index in [2.05, 4.69) is 15.3 Å². The molecule has 0 saturated carbocycles. The Bertz CT molecular complexity index is 910. The van der Waals surface area contributed by atoms with Gasteiger partial charge in [0.15, 0.2) is 5.82 Å². The highest BCUT2D eigenvalue weighted by atomic mass is 16.5. The highest BCUT2D eigenvalue weighted by Crippen LogP contribution is 2.32. The van der Waals surface area contributed by atoms with Gasteiger partial charge in [-0.3, -0.25) is 4.79 Å². The maximum absolute atomic E-state index is 12.1. The number of hydrogen-bond donors (Lipinski definition) is 2. The average Bonchev–Trinajstić information content (AvgIpc) is 3.04. The van der Waals surface area contributed by atoms with Crippen LogP contribution in [-0.2, 0) is 17.8 Å². The summed E-state index contributed by atoms with van der Waals surface area (Å²) in [6.45, 7) is 6.05. The summed E-state index contributed by atoms with van der Waals surface area (Å²) in [5, 5.41) is 13.3. The zero-order valence-electron chi connectivity index (χ0n) is 16.0. The van der Waals surface area contributed by atoms with Crippen LogP contribution >= 0.6 is 0 Å². The van der Waals surface area contributed by atoms with Crippen LogP contribution in [0.4, 0.5) is 5.82 Å². The fraction of sp³-hybridized carbons (Fsp3) is 0.350. The first-order valence-corrected chi connectivity index (χ1v) is 8.77. The van der Waals surface area contributed by atoms with Crippen LogP contribution in [0.3, 0.4) is 0 Å². The molecule has 0 aliphatic carbocycles. The van der Waals surface area contributed by atoms with Crippen LogP contribution in [0.25, 0.3) is 11.4 Å². The van der Waals surface area contributed by atoms with Crippen LogP contribution in [0.15, 0.2) is 36.7 Å². The number of aromatic nitrogens is 3. The number of ether oxygens (including phenoxy) is 1. The van der Waals surface area contributed by atoms with Crippen LogP contribution in [0.5, 0.6) is 11.6 Å². The Hall–Kier alpha value is -3.09. The fourth-order valence-corrected chi connectivity index (χ4v) is 2.58. The number of methoxy groups -OCH3 is 1. The Morgan fingerprint density at radius 2 is 1.96 bits per heavy atom. The molecule has 7 heteroatoms. The minimum Gasteiger partial charge on any atom is -0.497 e. The van der Waals surface area contributed by atoms with Gasteiger partial charge in [-0.25, -0.2) is 9.97 Å². The number of carbonyl (C=O) groups is 1. The molecule has 27 heavy (non-hydrogen) atoms. The summed E-state index contributed by atoms with van der Waals surface area (Å²) in [5.41, 5.74) is 1.11. The van der Waals surface area contributed by atoms with Crippen molar-refractivity contribution < 1.29 is 14.6 Å². The second-order valence-electron chi connectivity index (χ2n) is 7.44. The summed E-state index contributed by atoms with van der Waals surface area (Å²) in [5.74, 6) is 1.54. The number of benzene rings is 1. The number of fused-ring (bicyclic) bond motifs is 1. The SMILES string of the molecule is COc1ccc(CCn2cnc3nc(NC(=O)C(C)(C)C)cc-3c2O)cc1. The second-order valence-corrected chi connectivity index (χ2v) is 7.44. The smallest absolute Gasteiger partial charge is 0.230 e. The predicted octanol–water partition coefficient (Wildman–Crippen LogP) is 3.32. The normalized spacial score (nSPS) is 11.6.